The minimum Gasteiger partial charge on any atom is -0.263 e. The van der Waals surface area contributed by atoms with E-state index in [9.17, 15) is 13.2 Å². The third-order valence-electron chi connectivity index (χ3n) is 1.41. The molecule has 0 atom stereocenters. The quantitative estimate of drug-likeness (QED) is 0.773. The second kappa shape index (κ2) is 3.89. The maximum atomic E-state index is 12.2. The van der Waals surface area contributed by atoms with Crippen LogP contribution in [0.25, 0.3) is 0 Å². The van der Waals surface area contributed by atoms with Crippen LogP contribution >= 0.6 is 15.9 Å². The van der Waals surface area contributed by atoms with E-state index in [0.717, 1.165) is 6.20 Å². The smallest absolute Gasteiger partial charge is 0.263 e. The van der Waals surface area contributed by atoms with Gasteiger partial charge in [-0.1, -0.05) is 0 Å². The molecule has 1 heterocycles. The Morgan fingerprint density at radius 3 is 2.50 bits per heavy atom. The minimum absolute atomic E-state index is 0.0278. The number of nitrogens with zero attached hydrogens (tertiary/aromatic N) is 1. The lowest BCUT2D eigenvalue weighted by Gasteiger charge is -2.05. The van der Waals surface area contributed by atoms with E-state index in [0.29, 0.717) is 0 Å². The fourth-order valence-corrected chi connectivity index (χ4v) is 1.26. The van der Waals surface area contributed by atoms with E-state index in [1.807, 2.05) is 0 Å². The van der Waals surface area contributed by atoms with Gasteiger partial charge in [-0.3, -0.25) is 4.98 Å². The van der Waals surface area contributed by atoms with Gasteiger partial charge >= 0.3 is 0 Å². The van der Waals surface area contributed by atoms with Gasteiger partial charge in [0.2, 0.25) is 0 Å². The minimum atomic E-state index is -2.68. The molecular weight excluding hydrogens is 235 g/mol. The molecule has 0 aliphatic heterocycles. The van der Waals surface area contributed by atoms with E-state index in [4.69, 9.17) is 0 Å². The summed E-state index contributed by atoms with van der Waals surface area (Å²) in [6, 6.07) is 0. The molecule has 0 saturated carbocycles. The Labute approximate surface area is 75.7 Å². The zero-order chi connectivity index (χ0) is 9.14. The van der Waals surface area contributed by atoms with Crippen molar-refractivity contribution in [1.29, 1.82) is 0 Å². The molecule has 0 saturated heterocycles. The van der Waals surface area contributed by atoms with Gasteiger partial charge in [-0.25, -0.2) is 13.2 Å². The van der Waals surface area contributed by atoms with Crippen LogP contribution in [-0.2, 0) is 6.67 Å². The number of alkyl halides is 3. The standard InChI is InChI=1S/C7H5BrF3N/c8-6-3-12-2-5(7(10)11)4(6)1-9/h2-3,7H,1H2. The summed E-state index contributed by atoms with van der Waals surface area (Å²) in [6.45, 7) is -0.914. The largest absolute Gasteiger partial charge is 0.265 e. The summed E-state index contributed by atoms with van der Waals surface area (Å²) in [6.07, 6.45) is -0.411. The van der Waals surface area contributed by atoms with Crippen molar-refractivity contribution in [2.45, 2.75) is 13.1 Å². The van der Waals surface area contributed by atoms with Crippen LogP contribution in [-0.4, -0.2) is 4.98 Å². The number of halogens is 4. The number of aromatic nitrogens is 1. The molecule has 5 heteroatoms. The molecule has 0 spiro atoms. The van der Waals surface area contributed by atoms with Crippen LogP contribution in [0.15, 0.2) is 16.9 Å². The van der Waals surface area contributed by atoms with Gasteiger partial charge in [0, 0.05) is 28.0 Å². The van der Waals surface area contributed by atoms with E-state index < -0.39 is 13.1 Å². The van der Waals surface area contributed by atoms with Crippen molar-refractivity contribution >= 4 is 15.9 Å². The second-order valence-corrected chi connectivity index (χ2v) is 2.98. The summed E-state index contributed by atoms with van der Waals surface area (Å²) in [5, 5.41) is 0. The van der Waals surface area contributed by atoms with Crippen molar-refractivity contribution < 1.29 is 13.2 Å². The molecule has 0 bridgehead atoms. The molecular formula is C7H5BrF3N. The third-order valence-corrected chi connectivity index (χ3v) is 2.09. The average molecular weight is 240 g/mol. The van der Waals surface area contributed by atoms with Gasteiger partial charge in [0.25, 0.3) is 6.43 Å². The van der Waals surface area contributed by atoms with Crippen molar-refractivity contribution in [3.8, 4) is 0 Å². The predicted molar refractivity (Wildman–Crippen MR) is 41.7 cm³/mol. The fourth-order valence-electron chi connectivity index (χ4n) is 0.806. The van der Waals surface area contributed by atoms with E-state index in [1.54, 1.807) is 0 Å². The van der Waals surface area contributed by atoms with Gasteiger partial charge in [0.05, 0.1) is 0 Å². The topological polar surface area (TPSA) is 12.9 Å². The Bertz CT molecular complexity index is 277. The van der Waals surface area contributed by atoms with Gasteiger partial charge in [0.15, 0.2) is 0 Å². The van der Waals surface area contributed by atoms with Crippen molar-refractivity contribution in [3.05, 3.63) is 28.0 Å². The highest BCUT2D eigenvalue weighted by Gasteiger charge is 2.15. The van der Waals surface area contributed by atoms with Crippen molar-refractivity contribution in [2.24, 2.45) is 0 Å². The van der Waals surface area contributed by atoms with E-state index in [-0.39, 0.29) is 15.6 Å². The molecule has 1 nitrogen and oxygen atoms in total. The average Bonchev–Trinajstić information content (AvgIpc) is 2.03. The molecule has 0 amide bonds. The lowest BCUT2D eigenvalue weighted by atomic mass is 10.2. The van der Waals surface area contributed by atoms with Gasteiger partial charge in [-0.05, 0) is 15.9 Å². The summed E-state index contributed by atoms with van der Waals surface area (Å²) in [5.41, 5.74) is -0.383. The summed E-state index contributed by atoms with van der Waals surface area (Å²) >= 11 is 2.94. The molecule has 12 heavy (non-hydrogen) atoms. The Balaban J connectivity index is 3.18. The molecule has 0 N–H and O–H groups in total. The summed E-state index contributed by atoms with van der Waals surface area (Å²) < 4.78 is 36.8. The lowest BCUT2D eigenvalue weighted by molar-refractivity contribution is 0.148. The first kappa shape index (κ1) is 9.51. The Kier molecular flexibility index (Phi) is 3.08. The van der Waals surface area contributed by atoms with Gasteiger partial charge < -0.3 is 0 Å². The van der Waals surface area contributed by atoms with Crippen LogP contribution in [0.1, 0.15) is 17.6 Å². The first-order chi connectivity index (χ1) is 5.66. The van der Waals surface area contributed by atoms with Crippen LogP contribution in [0.5, 0.6) is 0 Å². The SMILES string of the molecule is FCc1c(Br)cncc1C(F)F. The van der Waals surface area contributed by atoms with Gasteiger partial charge in [-0.2, -0.15) is 0 Å². The summed E-state index contributed by atoms with van der Waals surface area (Å²) in [7, 11) is 0. The highest BCUT2D eigenvalue weighted by Crippen LogP contribution is 2.27. The highest BCUT2D eigenvalue weighted by molar-refractivity contribution is 9.10. The molecule has 0 unspecified atom stereocenters. The van der Waals surface area contributed by atoms with E-state index in [1.165, 1.54) is 6.20 Å². The second-order valence-electron chi connectivity index (χ2n) is 2.12. The first-order valence-corrected chi connectivity index (χ1v) is 3.92. The molecule has 1 rings (SSSR count). The van der Waals surface area contributed by atoms with E-state index in [2.05, 4.69) is 20.9 Å². The Morgan fingerprint density at radius 1 is 1.42 bits per heavy atom. The summed E-state index contributed by atoms with van der Waals surface area (Å²) in [5.74, 6) is 0. The van der Waals surface area contributed by atoms with Crippen LogP contribution in [0.3, 0.4) is 0 Å². The zero-order valence-electron chi connectivity index (χ0n) is 5.90. The highest BCUT2D eigenvalue weighted by atomic mass is 79.9. The van der Waals surface area contributed by atoms with Crippen LogP contribution in [0, 0.1) is 0 Å². The molecule has 1 aromatic heterocycles. The molecule has 0 aliphatic rings. The molecule has 0 aromatic carbocycles. The lowest BCUT2D eigenvalue weighted by Crippen LogP contribution is -1.95. The van der Waals surface area contributed by atoms with Gasteiger partial charge in [-0.15, -0.1) is 0 Å². The predicted octanol–water partition coefficient (Wildman–Crippen LogP) is 3.25. The van der Waals surface area contributed by atoms with Crippen molar-refractivity contribution in [2.75, 3.05) is 0 Å². The molecule has 0 aliphatic carbocycles. The molecule has 66 valence electrons. The molecule has 0 radical (unpaired) electrons. The van der Waals surface area contributed by atoms with Crippen LogP contribution in [0.2, 0.25) is 0 Å². The zero-order valence-corrected chi connectivity index (χ0v) is 7.48. The summed E-state index contributed by atoms with van der Waals surface area (Å²) in [4.78, 5) is 3.52. The normalized spacial score (nSPS) is 10.8. The molecule has 1 aromatic rings. The maximum Gasteiger partial charge on any atom is 0.265 e. The number of rotatable bonds is 2. The maximum absolute atomic E-state index is 12.2. The monoisotopic (exact) mass is 239 g/mol. The molecule has 0 fully saturated rings. The van der Waals surface area contributed by atoms with Crippen molar-refractivity contribution in [3.63, 3.8) is 0 Å². The van der Waals surface area contributed by atoms with E-state index >= 15 is 0 Å². The Morgan fingerprint density at radius 2 is 2.08 bits per heavy atom. The first-order valence-electron chi connectivity index (χ1n) is 3.13. The fraction of sp³-hybridized carbons (Fsp3) is 0.286. The number of pyridine rings is 1. The van der Waals surface area contributed by atoms with Crippen LogP contribution < -0.4 is 0 Å². The Hall–Kier alpha value is -0.580. The number of hydrogen-bond acceptors (Lipinski definition) is 1. The van der Waals surface area contributed by atoms with Crippen molar-refractivity contribution in [1.82, 2.24) is 4.98 Å². The third kappa shape index (κ3) is 1.77. The number of hydrogen-bond donors (Lipinski definition) is 0. The van der Waals surface area contributed by atoms with Crippen LogP contribution in [0.4, 0.5) is 13.2 Å². The van der Waals surface area contributed by atoms with Gasteiger partial charge in [0.1, 0.15) is 6.67 Å².